The number of fused-ring (bicyclic) bond motifs is 5. The topological polar surface area (TPSA) is 459 Å². The average Bonchev–Trinajstić information content (AvgIpc) is 1.61. The van der Waals surface area contributed by atoms with E-state index >= 15 is 28.0 Å². The van der Waals surface area contributed by atoms with Gasteiger partial charge in [0, 0.05) is 57.0 Å². The summed E-state index contributed by atoms with van der Waals surface area (Å²) in [5.74, 6) is -10.9. The number of nitrogens with zero attached hydrogens (tertiary/aromatic N) is 4. The molecule has 18 N–H and O–H groups in total. The minimum Gasteiger partial charge on any atom is -0.481 e. The molecular formula is C65H104F2N18O13. The summed E-state index contributed by atoms with van der Waals surface area (Å²) in [5, 5.41) is 64.2. The van der Waals surface area contributed by atoms with E-state index in [-0.39, 0.29) is 119 Å². The first-order valence-corrected chi connectivity index (χ1v) is 35.7. The summed E-state index contributed by atoms with van der Waals surface area (Å²) in [6.45, 7) is 1.38. The van der Waals surface area contributed by atoms with E-state index in [1.807, 2.05) is 0 Å². The van der Waals surface area contributed by atoms with Crippen molar-refractivity contribution in [2.75, 3.05) is 45.9 Å². The second-order valence-electron chi connectivity index (χ2n) is 28.6. The van der Waals surface area contributed by atoms with Gasteiger partial charge in [-0.05, 0) is 197 Å². The second kappa shape index (κ2) is 36.3. The Morgan fingerprint density at radius 2 is 1.20 bits per heavy atom. The number of carboxylic acid groups (broad SMARTS) is 1. The van der Waals surface area contributed by atoms with Gasteiger partial charge in [-0.2, -0.15) is 0 Å². The highest BCUT2D eigenvalue weighted by Gasteiger charge is 2.47. The maximum absolute atomic E-state index is 15.2. The number of carbonyl (C=O) groups is 11. The molecule has 0 radical (unpaired) electrons. The summed E-state index contributed by atoms with van der Waals surface area (Å²) in [7, 11) is 0. The van der Waals surface area contributed by atoms with Crippen molar-refractivity contribution in [1.29, 1.82) is 0 Å². The summed E-state index contributed by atoms with van der Waals surface area (Å²) >= 11 is 0. The summed E-state index contributed by atoms with van der Waals surface area (Å²) in [6, 6.07) is -11.6. The van der Waals surface area contributed by atoms with E-state index in [2.05, 4.69) is 74.1 Å². The second-order valence-corrected chi connectivity index (χ2v) is 28.6. The molecule has 4 saturated heterocycles. The van der Waals surface area contributed by atoms with Gasteiger partial charge >= 0.3 is 5.97 Å². The molecule has 8 aliphatic rings. The van der Waals surface area contributed by atoms with Crippen LogP contribution < -0.4 is 75.3 Å². The lowest BCUT2D eigenvalue weighted by molar-refractivity contribution is -0.143. The van der Waals surface area contributed by atoms with Crippen LogP contribution in [-0.2, 0) is 65.7 Å². The number of aromatic nitrogens is 3. The summed E-state index contributed by atoms with van der Waals surface area (Å²) < 4.78 is 31.9. The molecule has 10 amide bonds. The van der Waals surface area contributed by atoms with Crippen LogP contribution >= 0.6 is 0 Å². The molecule has 31 nitrogen and oxygen atoms in total. The molecule has 1 aromatic heterocycles. The molecular weight excluding hydrogens is 1280 g/mol. The highest BCUT2D eigenvalue weighted by atomic mass is 19.1. The van der Waals surface area contributed by atoms with Gasteiger partial charge < -0.3 is 90.4 Å². The Bertz CT molecular complexity index is 2940. The van der Waals surface area contributed by atoms with Crippen LogP contribution in [0.15, 0.2) is 6.20 Å². The van der Waals surface area contributed by atoms with Gasteiger partial charge in [0.25, 0.3) is 0 Å². The van der Waals surface area contributed by atoms with Gasteiger partial charge in [-0.15, -0.1) is 5.10 Å². The lowest BCUT2D eigenvalue weighted by atomic mass is 9.76. The molecule has 3 saturated carbocycles. The summed E-state index contributed by atoms with van der Waals surface area (Å²) in [6.07, 6.45) is 4.38. The number of aliphatic hydroxyl groups is 1. The van der Waals surface area contributed by atoms with Crippen LogP contribution in [-0.4, -0.2) is 226 Å². The minimum atomic E-state index is -1.90. The fourth-order valence-corrected chi connectivity index (χ4v) is 16.0. The summed E-state index contributed by atoms with van der Waals surface area (Å²) in [4.78, 5) is 158. The molecule has 98 heavy (non-hydrogen) atoms. The Morgan fingerprint density at radius 3 is 1.83 bits per heavy atom. The number of alkyl halides is 2. The fourth-order valence-electron chi connectivity index (χ4n) is 16.0. The molecule has 0 spiro atoms. The smallest absolute Gasteiger partial charge is 0.305 e. The molecule has 9 unspecified atom stereocenters. The van der Waals surface area contributed by atoms with Gasteiger partial charge in [-0.3, -0.25) is 57.4 Å². The van der Waals surface area contributed by atoms with Crippen LogP contribution in [0.3, 0.4) is 0 Å². The number of primary amides is 1. The van der Waals surface area contributed by atoms with Gasteiger partial charge in [-0.1, -0.05) is 5.21 Å². The molecule has 7 fully saturated rings. The van der Waals surface area contributed by atoms with Gasteiger partial charge in [0.15, 0.2) is 0 Å². The maximum Gasteiger partial charge on any atom is 0.305 e. The zero-order chi connectivity index (χ0) is 70.0. The number of carboxylic acids is 1. The SMILES string of the molecule is NCCCC[C@@H]1NC(=O)CCCn2cc(nn2)CCC[C@@H](C(N)=O)NC(=O)[C@@H]2CCCN2C(=O)[C@H](CC2CCC(O)CC2)NC(=O)[C@H](CC2CNCN2)NC(=O)[C@H](CC(=O)O)NC(=O)[C@H](CC2CNC3CCC(F)CC23)NC(=O)[C@H](CC2CNC3CCC(F)CC23)NC(=O)CNC1=O. The molecule has 33 heteroatoms. The molecule has 5 aliphatic heterocycles. The number of aliphatic carboxylic acids is 1. The Hall–Kier alpha value is -7.07. The van der Waals surface area contributed by atoms with E-state index in [1.54, 1.807) is 10.9 Å². The minimum absolute atomic E-state index is 0.0306. The first kappa shape index (κ1) is 75.1. The highest BCUT2D eigenvalue weighted by molar-refractivity contribution is 5.99. The van der Waals surface area contributed by atoms with Gasteiger partial charge in [0.2, 0.25) is 59.1 Å². The van der Waals surface area contributed by atoms with Crippen molar-refractivity contribution in [3.8, 4) is 0 Å². The Morgan fingerprint density at radius 1 is 0.592 bits per heavy atom. The van der Waals surface area contributed by atoms with E-state index in [0.29, 0.717) is 122 Å². The van der Waals surface area contributed by atoms with Crippen LogP contribution in [0.1, 0.15) is 160 Å². The number of amides is 10. The van der Waals surface area contributed by atoms with Crippen LogP contribution in [0.5, 0.6) is 0 Å². The van der Waals surface area contributed by atoms with E-state index in [1.165, 1.54) is 4.90 Å². The van der Waals surface area contributed by atoms with E-state index in [4.69, 9.17) is 11.5 Å². The number of unbranched alkanes of at least 4 members (excludes halogenated alkanes) is 1. The highest BCUT2D eigenvalue weighted by Crippen LogP contribution is 2.40. The number of aryl methyl sites for hydroxylation is 2. The molecule has 9 rings (SSSR count). The largest absolute Gasteiger partial charge is 0.481 e. The third-order valence-corrected chi connectivity index (χ3v) is 21.4. The molecule has 3 aliphatic carbocycles. The quantitative estimate of drug-likeness (QED) is 0.0782. The van der Waals surface area contributed by atoms with Crippen molar-refractivity contribution < 1.29 is 71.7 Å². The van der Waals surface area contributed by atoms with Crippen molar-refractivity contribution in [2.24, 2.45) is 41.1 Å². The van der Waals surface area contributed by atoms with Crippen LogP contribution in [0, 0.1) is 29.6 Å². The van der Waals surface area contributed by atoms with Crippen molar-refractivity contribution in [3.63, 3.8) is 0 Å². The standard InChI is InChI=1S/C65H104F2N18O13/c66-38-13-17-45-43(25-38)36(29-71-45)23-49-60(93)78-50(24-37-30-72-46-18-14-39(67)26-44(37)46)61(94)80-52(28-57(89)90)63(96)79-51(27-41-31-70-34-74-41)62(95)81-53(22-35-11-15-42(86)16-12-35)65(98)85-21-4-9-54(85)64(97)77-47(58(69)91)8-3-6-40-33-84(83-82-40)20-5-10-55(87)75-48(7-1-2-19-68)59(92)73-32-56(88)76-49/h33,35-39,41-54,70-72,74,86H,1-32,34,68H2,(H2,69,91)(H,73,92)(H,75,87)(H,76,88)(H,77,97)(H,78,93)(H,79,96)(H,80,94)(H,81,95)(H,89,90)/t35?,36?,37?,38?,39?,41?,42?,43?,44?,45?,46?,47-,48-,49-,50-,51-,52-,53-,54-/m0/s1. The predicted octanol–water partition coefficient (Wildman–Crippen LogP) is -2.93. The zero-order valence-electron chi connectivity index (χ0n) is 56.0. The fraction of sp³-hybridized carbons (Fsp3) is 0.800. The Labute approximate surface area is 569 Å². The number of hydrogen-bond donors (Lipinski definition) is 16. The lowest BCUT2D eigenvalue weighted by Gasteiger charge is -2.34. The van der Waals surface area contributed by atoms with Crippen LogP contribution in [0.2, 0.25) is 0 Å². The van der Waals surface area contributed by atoms with Gasteiger partial charge in [0.1, 0.15) is 60.7 Å². The number of carbonyl (C=O) groups excluding carboxylic acids is 10. The zero-order valence-corrected chi connectivity index (χ0v) is 56.0. The van der Waals surface area contributed by atoms with Gasteiger partial charge in [-0.25, -0.2) is 8.78 Å². The Kier molecular flexibility index (Phi) is 27.8. The molecule has 6 heterocycles. The van der Waals surface area contributed by atoms with E-state index < -0.39 is 157 Å². The number of nitrogens with two attached hydrogens (primary N) is 2. The van der Waals surface area contributed by atoms with Crippen molar-refractivity contribution in [1.82, 2.24) is 83.7 Å². The van der Waals surface area contributed by atoms with E-state index in [9.17, 15) is 43.8 Å². The number of aliphatic hydroxyl groups excluding tert-OH is 1. The maximum atomic E-state index is 15.2. The molecule has 2 bridgehead atoms. The lowest BCUT2D eigenvalue weighted by Crippen LogP contribution is -2.61. The predicted molar refractivity (Wildman–Crippen MR) is 349 cm³/mol. The molecule has 0 aromatic carbocycles. The van der Waals surface area contributed by atoms with Crippen LogP contribution in [0.25, 0.3) is 0 Å². The first-order chi connectivity index (χ1) is 47.1. The molecule has 1 aromatic rings. The number of nitrogens with one attached hydrogen (secondary N) is 12. The number of hydrogen-bond acceptors (Lipinski definition) is 19. The van der Waals surface area contributed by atoms with Gasteiger partial charge in [0.05, 0.1) is 24.8 Å². The molecule has 17 atom stereocenters. The normalized spacial score (nSPS) is 35.2. The third kappa shape index (κ3) is 21.5. The number of halogens is 2. The molecule has 546 valence electrons. The van der Waals surface area contributed by atoms with Crippen molar-refractivity contribution in [3.05, 3.63) is 11.9 Å². The Balaban J connectivity index is 1.02. The third-order valence-electron chi connectivity index (χ3n) is 21.4. The monoisotopic (exact) mass is 1380 g/mol. The first-order valence-electron chi connectivity index (χ1n) is 35.7. The van der Waals surface area contributed by atoms with Crippen LogP contribution in [0.4, 0.5) is 8.78 Å². The van der Waals surface area contributed by atoms with Crippen molar-refractivity contribution >= 4 is 65.0 Å². The summed E-state index contributed by atoms with van der Waals surface area (Å²) in [5.41, 5.74) is 12.2. The van der Waals surface area contributed by atoms with E-state index in [0.717, 1.165) is 0 Å². The number of rotatable bonds is 15. The average molecular weight is 1380 g/mol. The van der Waals surface area contributed by atoms with Crippen molar-refractivity contribution in [2.45, 2.75) is 252 Å².